The maximum Gasteiger partial charge on any atom is 0.334 e. The quantitative estimate of drug-likeness (QED) is 0.147. The SMILES string of the molecule is C=C1C(=O)O[C@@H]2/C=C(/CO[C@@H]3O[C@H](CO)[C@@H](O)[C@@H](O)[C@H]3O)CC/C=C(/C=O)C[C@H](O)[C@@H]12. The second-order valence-electron chi connectivity index (χ2n) is 7.96. The van der Waals surface area contributed by atoms with Crippen LogP contribution in [0.1, 0.15) is 19.3 Å². The van der Waals surface area contributed by atoms with Crippen LogP contribution in [0.5, 0.6) is 0 Å². The summed E-state index contributed by atoms with van der Waals surface area (Å²) >= 11 is 0. The summed E-state index contributed by atoms with van der Waals surface area (Å²) in [6.45, 7) is 3.04. The van der Waals surface area contributed by atoms with Gasteiger partial charge in [0.25, 0.3) is 0 Å². The van der Waals surface area contributed by atoms with Crippen LogP contribution in [0, 0.1) is 5.92 Å². The number of allylic oxidation sites excluding steroid dienone is 1. The normalized spacial score (nSPS) is 42.6. The van der Waals surface area contributed by atoms with Gasteiger partial charge >= 0.3 is 5.97 Å². The highest BCUT2D eigenvalue weighted by Crippen LogP contribution is 2.34. The number of hydrogen-bond donors (Lipinski definition) is 5. The fourth-order valence-corrected chi connectivity index (χ4v) is 4.02. The Labute approximate surface area is 179 Å². The Hall–Kier alpha value is -1.92. The molecule has 2 fully saturated rings. The van der Waals surface area contributed by atoms with Crippen LogP contribution >= 0.6 is 0 Å². The van der Waals surface area contributed by atoms with Gasteiger partial charge < -0.3 is 39.7 Å². The Morgan fingerprint density at radius 3 is 2.61 bits per heavy atom. The van der Waals surface area contributed by atoms with Crippen LogP contribution in [0.2, 0.25) is 0 Å². The van der Waals surface area contributed by atoms with Gasteiger partial charge in [0.15, 0.2) is 6.29 Å². The molecule has 2 heterocycles. The molecule has 5 N–H and O–H groups in total. The van der Waals surface area contributed by atoms with E-state index in [1.165, 1.54) is 0 Å². The Balaban J connectivity index is 1.78. The Kier molecular flexibility index (Phi) is 7.76. The van der Waals surface area contributed by atoms with Gasteiger partial charge in [-0.2, -0.15) is 0 Å². The van der Waals surface area contributed by atoms with E-state index in [0.29, 0.717) is 30.3 Å². The second kappa shape index (κ2) is 10.1. The van der Waals surface area contributed by atoms with Gasteiger partial charge in [0.1, 0.15) is 36.8 Å². The zero-order chi connectivity index (χ0) is 22.7. The molecule has 0 aromatic heterocycles. The maximum atomic E-state index is 12.0. The molecule has 3 aliphatic rings. The van der Waals surface area contributed by atoms with E-state index < -0.39 is 61.4 Å². The number of aliphatic hydroxyl groups excluding tert-OH is 5. The van der Waals surface area contributed by atoms with Crippen LogP contribution in [0.25, 0.3) is 0 Å². The lowest BCUT2D eigenvalue weighted by atomic mass is 9.85. The Morgan fingerprint density at radius 1 is 1.19 bits per heavy atom. The lowest BCUT2D eigenvalue weighted by Gasteiger charge is -2.39. The number of carbonyl (C=O) groups is 2. The summed E-state index contributed by atoms with van der Waals surface area (Å²) < 4.78 is 16.3. The van der Waals surface area contributed by atoms with Crippen LogP contribution in [0.15, 0.2) is 35.5 Å². The molecular weight excluding hydrogens is 412 g/mol. The molecule has 0 spiro atoms. The highest BCUT2D eigenvalue weighted by Gasteiger charge is 2.45. The number of ether oxygens (including phenoxy) is 3. The largest absolute Gasteiger partial charge is 0.454 e. The van der Waals surface area contributed by atoms with Crippen molar-refractivity contribution in [2.45, 2.75) is 62.2 Å². The zero-order valence-corrected chi connectivity index (χ0v) is 16.9. The van der Waals surface area contributed by atoms with Crippen molar-refractivity contribution in [3.8, 4) is 0 Å². The van der Waals surface area contributed by atoms with E-state index in [-0.39, 0.29) is 18.6 Å². The third kappa shape index (κ3) is 5.12. The van der Waals surface area contributed by atoms with Gasteiger partial charge in [-0.05, 0) is 30.1 Å². The zero-order valence-electron chi connectivity index (χ0n) is 16.9. The molecular formula is C21H28O10. The van der Waals surface area contributed by atoms with Crippen molar-refractivity contribution >= 4 is 12.3 Å². The van der Waals surface area contributed by atoms with Crippen LogP contribution in [0.4, 0.5) is 0 Å². The first-order valence-corrected chi connectivity index (χ1v) is 10.1. The maximum absolute atomic E-state index is 12.0. The topological polar surface area (TPSA) is 163 Å². The summed E-state index contributed by atoms with van der Waals surface area (Å²) in [6.07, 6.45) is -3.89. The van der Waals surface area contributed by atoms with Gasteiger partial charge in [-0.25, -0.2) is 4.79 Å². The first-order chi connectivity index (χ1) is 14.8. The van der Waals surface area contributed by atoms with Gasteiger partial charge in [0.05, 0.1) is 25.2 Å². The molecule has 2 aliphatic heterocycles. The van der Waals surface area contributed by atoms with Gasteiger partial charge in [0, 0.05) is 12.0 Å². The van der Waals surface area contributed by atoms with Crippen molar-refractivity contribution in [1.82, 2.24) is 0 Å². The summed E-state index contributed by atoms with van der Waals surface area (Å²) in [4.78, 5) is 23.3. The molecule has 0 unspecified atom stereocenters. The van der Waals surface area contributed by atoms with Gasteiger partial charge in [-0.15, -0.1) is 0 Å². The molecule has 0 bridgehead atoms. The summed E-state index contributed by atoms with van der Waals surface area (Å²) in [5.41, 5.74) is 1.16. The van der Waals surface area contributed by atoms with Gasteiger partial charge in [0.2, 0.25) is 0 Å². The molecule has 10 heteroatoms. The van der Waals surface area contributed by atoms with Crippen molar-refractivity contribution in [3.05, 3.63) is 35.5 Å². The third-order valence-corrected chi connectivity index (χ3v) is 5.83. The molecule has 0 aromatic carbocycles. The molecule has 2 saturated heterocycles. The Morgan fingerprint density at radius 2 is 1.94 bits per heavy atom. The highest BCUT2D eigenvalue weighted by molar-refractivity contribution is 5.91. The van der Waals surface area contributed by atoms with Crippen molar-refractivity contribution in [2.24, 2.45) is 5.92 Å². The van der Waals surface area contributed by atoms with E-state index in [1.807, 2.05) is 0 Å². The summed E-state index contributed by atoms with van der Waals surface area (Å²) in [5, 5.41) is 49.8. The molecule has 8 atom stereocenters. The van der Waals surface area contributed by atoms with Crippen LogP contribution in [-0.2, 0) is 23.8 Å². The number of aldehydes is 1. The minimum absolute atomic E-state index is 0.0743. The molecule has 0 aromatic rings. The number of hydrogen-bond acceptors (Lipinski definition) is 10. The molecule has 3 rings (SSSR count). The molecule has 0 amide bonds. The average Bonchev–Trinajstić information content (AvgIpc) is 3.03. The molecule has 1 aliphatic carbocycles. The summed E-state index contributed by atoms with van der Waals surface area (Å²) in [6, 6.07) is 0. The van der Waals surface area contributed by atoms with E-state index >= 15 is 0 Å². The van der Waals surface area contributed by atoms with Crippen LogP contribution in [0.3, 0.4) is 0 Å². The molecule has 0 saturated carbocycles. The van der Waals surface area contributed by atoms with E-state index in [4.69, 9.17) is 14.2 Å². The van der Waals surface area contributed by atoms with E-state index in [0.717, 1.165) is 0 Å². The third-order valence-electron chi connectivity index (χ3n) is 5.83. The minimum Gasteiger partial charge on any atom is -0.454 e. The molecule has 172 valence electrons. The van der Waals surface area contributed by atoms with Gasteiger partial charge in [-0.3, -0.25) is 4.79 Å². The van der Waals surface area contributed by atoms with E-state index in [9.17, 15) is 35.1 Å². The summed E-state index contributed by atoms with van der Waals surface area (Å²) in [5.74, 6) is -1.36. The van der Waals surface area contributed by atoms with Crippen LogP contribution < -0.4 is 0 Å². The second-order valence-corrected chi connectivity index (χ2v) is 7.96. The highest BCUT2D eigenvalue weighted by atomic mass is 16.7. The first-order valence-electron chi connectivity index (χ1n) is 10.1. The lowest BCUT2D eigenvalue weighted by molar-refractivity contribution is -0.299. The van der Waals surface area contributed by atoms with Crippen LogP contribution in [-0.4, -0.2) is 93.9 Å². The predicted octanol–water partition coefficient (Wildman–Crippen LogP) is -1.50. The number of rotatable bonds is 5. The average molecular weight is 440 g/mol. The number of esters is 1. The van der Waals surface area contributed by atoms with Crippen molar-refractivity contribution in [1.29, 1.82) is 0 Å². The number of fused-ring (bicyclic) bond motifs is 1. The standard InChI is InChI=1S/C21H28O10/c1-10-16-13(24)5-11(7-22)3-2-4-12(6-14(16)30-20(10)28)9-29-21-19(27)18(26)17(25)15(8-23)31-21/h3,6-7,13-19,21,23-27H,1-2,4-5,8-9H2/b11-3+,12-6+/t13-,14+,15+,16+,17+,18+,19+,21+/m0/s1. The van der Waals surface area contributed by atoms with Crippen molar-refractivity contribution in [3.63, 3.8) is 0 Å². The fourth-order valence-electron chi connectivity index (χ4n) is 4.02. The summed E-state index contributed by atoms with van der Waals surface area (Å²) in [7, 11) is 0. The van der Waals surface area contributed by atoms with Crippen molar-refractivity contribution < 1.29 is 49.3 Å². The monoisotopic (exact) mass is 440 g/mol. The fraction of sp³-hybridized carbons (Fsp3) is 0.619. The smallest absolute Gasteiger partial charge is 0.334 e. The lowest BCUT2D eigenvalue weighted by Crippen LogP contribution is -2.59. The molecule has 10 nitrogen and oxygen atoms in total. The van der Waals surface area contributed by atoms with Gasteiger partial charge in [-0.1, -0.05) is 12.7 Å². The molecule has 31 heavy (non-hydrogen) atoms. The predicted molar refractivity (Wildman–Crippen MR) is 104 cm³/mol. The minimum atomic E-state index is -1.56. The number of carbonyl (C=O) groups excluding carboxylic acids is 2. The number of aliphatic hydroxyl groups is 5. The first kappa shape index (κ1) is 23.7. The van der Waals surface area contributed by atoms with E-state index in [1.54, 1.807) is 12.2 Å². The Bertz CT molecular complexity index is 757. The molecule has 0 radical (unpaired) electrons. The van der Waals surface area contributed by atoms with Crippen molar-refractivity contribution in [2.75, 3.05) is 13.2 Å². The van der Waals surface area contributed by atoms with E-state index in [2.05, 4.69) is 6.58 Å².